The number of anilines is 1. The number of rotatable bonds is 4. The van der Waals surface area contributed by atoms with E-state index in [1.807, 2.05) is 13.8 Å². The summed E-state index contributed by atoms with van der Waals surface area (Å²) < 4.78 is 1.77. The van der Waals surface area contributed by atoms with Gasteiger partial charge in [0.15, 0.2) is 0 Å². The van der Waals surface area contributed by atoms with E-state index in [9.17, 15) is 14.4 Å². The minimum absolute atomic E-state index is 0.0182. The van der Waals surface area contributed by atoms with Crippen LogP contribution in [-0.2, 0) is 13.0 Å². The van der Waals surface area contributed by atoms with E-state index >= 15 is 0 Å². The third kappa shape index (κ3) is 4.12. The maximum Gasteiger partial charge on any atom is 0.266 e. The number of carbonyl (C=O) groups is 2. The lowest BCUT2D eigenvalue weighted by molar-refractivity contribution is 0.0944. The Kier molecular flexibility index (Phi) is 5.91. The van der Waals surface area contributed by atoms with Crippen molar-refractivity contribution < 1.29 is 9.59 Å². The van der Waals surface area contributed by atoms with Crippen LogP contribution in [0.15, 0.2) is 29.1 Å². The topological polar surface area (TPSA) is 93.1 Å². The summed E-state index contributed by atoms with van der Waals surface area (Å²) >= 11 is 1.23. The molecule has 31 heavy (non-hydrogen) atoms. The minimum Gasteiger partial charge on any atom is -0.350 e. The van der Waals surface area contributed by atoms with Gasteiger partial charge in [-0.25, -0.2) is 4.98 Å². The van der Waals surface area contributed by atoms with Crippen molar-refractivity contribution in [3.8, 4) is 0 Å². The Morgan fingerprint density at radius 1 is 1.13 bits per heavy atom. The molecule has 0 unspecified atom stereocenters. The van der Waals surface area contributed by atoms with Gasteiger partial charge < -0.3 is 10.6 Å². The van der Waals surface area contributed by atoms with E-state index in [0.29, 0.717) is 38.5 Å². The number of thiophene rings is 1. The number of fused-ring (bicyclic) bond motifs is 2. The van der Waals surface area contributed by atoms with Crippen molar-refractivity contribution in [1.82, 2.24) is 14.9 Å². The van der Waals surface area contributed by atoms with E-state index < -0.39 is 0 Å². The van der Waals surface area contributed by atoms with Crippen molar-refractivity contribution in [1.29, 1.82) is 0 Å². The van der Waals surface area contributed by atoms with Gasteiger partial charge in [0.25, 0.3) is 17.4 Å². The zero-order valence-corrected chi connectivity index (χ0v) is 18.8. The first-order valence-electron chi connectivity index (χ1n) is 10.6. The molecule has 7 nitrogen and oxygen atoms in total. The molecule has 3 heterocycles. The molecule has 0 saturated heterocycles. The number of aryl methyl sites for hydroxylation is 2. The molecule has 0 aliphatic carbocycles. The van der Waals surface area contributed by atoms with E-state index in [1.165, 1.54) is 11.3 Å². The first-order chi connectivity index (χ1) is 14.9. The molecule has 8 heteroatoms. The molecule has 2 amide bonds. The quantitative estimate of drug-likeness (QED) is 0.646. The summed E-state index contributed by atoms with van der Waals surface area (Å²) in [5.74, 6) is 0.214. The molecule has 1 aliphatic heterocycles. The molecule has 0 bridgehead atoms. The van der Waals surface area contributed by atoms with E-state index in [4.69, 9.17) is 4.98 Å². The number of amides is 2. The fraction of sp³-hybridized carbons (Fsp3) is 0.391. The molecule has 0 radical (unpaired) electrons. The Bertz CT molecular complexity index is 1230. The second-order valence-electron chi connectivity index (χ2n) is 8.16. The fourth-order valence-electron chi connectivity index (χ4n) is 3.94. The van der Waals surface area contributed by atoms with Gasteiger partial charge in [-0.15, -0.1) is 11.3 Å². The van der Waals surface area contributed by atoms with Gasteiger partial charge in [-0.3, -0.25) is 19.0 Å². The van der Waals surface area contributed by atoms with Crippen LogP contribution in [0.3, 0.4) is 0 Å². The molecule has 2 N–H and O–H groups in total. The predicted molar refractivity (Wildman–Crippen MR) is 123 cm³/mol. The molecule has 0 fully saturated rings. The molecule has 0 atom stereocenters. The number of para-hydroxylation sites is 1. The number of nitrogens with one attached hydrogen (secondary N) is 2. The molecule has 162 valence electrons. The second-order valence-corrected chi connectivity index (χ2v) is 9.16. The molecule has 1 aromatic carbocycles. The Labute approximate surface area is 184 Å². The third-order valence-electron chi connectivity index (χ3n) is 5.46. The normalized spacial score (nSPS) is 13.7. The number of hydrogen-bond donors (Lipinski definition) is 2. The summed E-state index contributed by atoms with van der Waals surface area (Å²) in [6.45, 7) is 6.23. The Morgan fingerprint density at radius 2 is 1.90 bits per heavy atom. The number of carbonyl (C=O) groups excluding carboxylic acids is 2. The largest absolute Gasteiger partial charge is 0.350 e. The summed E-state index contributed by atoms with van der Waals surface area (Å²) in [7, 11) is 0. The van der Waals surface area contributed by atoms with Crippen LogP contribution in [0.25, 0.3) is 10.2 Å². The van der Waals surface area contributed by atoms with Crippen LogP contribution in [0.2, 0.25) is 0 Å². The second kappa shape index (κ2) is 8.63. The van der Waals surface area contributed by atoms with Crippen molar-refractivity contribution in [3.05, 3.63) is 56.4 Å². The number of nitrogens with zero attached hydrogens (tertiary/aromatic N) is 2. The zero-order valence-electron chi connectivity index (χ0n) is 17.9. The Morgan fingerprint density at radius 3 is 2.68 bits per heavy atom. The Balaban J connectivity index is 1.70. The molecular weight excluding hydrogens is 412 g/mol. The summed E-state index contributed by atoms with van der Waals surface area (Å²) in [5, 5.41) is 6.22. The summed E-state index contributed by atoms with van der Waals surface area (Å²) in [5.41, 5.74) is 1.40. The van der Waals surface area contributed by atoms with Crippen LogP contribution >= 0.6 is 11.3 Å². The van der Waals surface area contributed by atoms with E-state index in [-0.39, 0.29) is 23.4 Å². The highest BCUT2D eigenvalue weighted by atomic mass is 32.1. The predicted octanol–water partition coefficient (Wildman–Crippen LogP) is 3.88. The number of aromatic nitrogens is 2. The number of hydrogen-bond acceptors (Lipinski definition) is 5. The lowest BCUT2D eigenvalue weighted by atomic mass is 10.1. The molecule has 0 spiro atoms. The molecule has 3 aromatic rings. The molecule has 4 rings (SSSR count). The van der Waals surface area contributed by atoms with Crippen LogP contribution < -0.4 is 16.2 Å². The lowest BCUT2D eigenvalue weighted by Crippen LogP contribution is -2.31. The highest BCUT2D eigenvalue weighted by Crippen LogP contribution is 2.29. The van der Waals surface area contributed by atoms with E-state index in [2.05, 4.69) is 10.6 Å². The average Bonchev–Trinajstić information content (AvgIpc) is 2.89. The van der Waals surface area contributed by atoms with Crippen molar-refractivity contribution >= 4 is 39.1 Å². The van der Waals surface area contributed by atoms with Gasteiger partial charge in [-0.1, -0.05) is 18.6 Å². The van der Waals surface area contributed by atoms with Gasteiger partial charge in [0.1, 0.15) is 10.7 Å². The van der Waals surface area contributed by atoms with Gasteiger partial charge >= 0.3 is 0 Å². The zero-order chi connectivity index (χ0) is 22.1. The average molecular weight is 439 g/mol. The first kappa shape index (κ1) is 21.2. The first-order valence-corrected chi connectivity index (χ1v) is 11.4. The molecular formula is C23H26N4O3S. The van der Waals surface area contributed by atoms with E-state index in [0.717, 1.165) is 31.5 Å². The maximum absolute atomic E-state index is 13.1. The number of benzene rings is 1. The van der Waals surface area contributed by atoms with Gasteiger partial charge in [0, 0.05) is 19.0 Å². The van der Waals surface area contributed by atoms with E-state index in [1.54, 1.807) is 35.8 Å². The summed E-state index contributed by atoms with van der Waals surface area (Å²) in [4.78, 5) is 44.5. The summed E-state index contributed by atoms with van der Waals surface area (Å²) in [6.07, 6.45) is 3.85. The van der Waals surface area contributed by atoms with Gasteiger partial charge in [-0.05, 0) is 51.3 Å². The van der Waals surface area contributed by atoms with Gasteiger partial charge in [0.2, 0.25) is 0 Å². The highest BCUT2D eigenvalue weighted by molar-refractivity contribution is 7.20. The molecule has 0 saturated carbocycles. The Hall–Kier alpha value is -3.00. The monoisotopic (exact) mass is 438 g/mol. The van der Waals surface area contributed by atoms with Crippen LogP contribution in [0.4, 0.5) is 5.69 Å². The third-order valence-corrected chi connectivity index (χ3v) is 6.64. The highest BCUT2D eigenvalue weighted by Gasteiger charge is 2.23. The van der Waals surface area contributed by atoms with Crippen molar-refractivity contribution in [2.75, 3.05) is 5.32 Å². The van der Waals surface area contributed by atoms with Crippen LogP contribution in [0.1, 0.15) is 64.5 Å². The molecule has 2 aromatic heterocycles. The maximum atomic E-state index is 13.1. The standard InChI is InChI=1S/C23H26N4O3S/c1-13(2)24-20(28)15-9-6-7-10-16(15)25-21(29)19-14(3)18-22(31-19)26-17-11-5-4-8-12-27(17)23(18)30/h6-7,9-10,13H,4-5,8,11-12H2,1-3H3,(H,24,28)(H,25,29). The lowest BCUT2D eigenvalue weighted by Gasteiger charge is -2.13. The molecule has 1 aliphatic rings. The van der Waals surface area contributed by atoms with Crippen molar-refractivity contribution in [3.63, 3.8) is 0 Å². The SMILES string of the molecule is Cc1c(C(=O)Nc2ccccc2C(=O)NC(C)C)sc2nc3n(c(=O)c12)CCCCC3. The van der Waals surface area contributed by atoms with Crippen molar-refractivity contribution in [2.24, 2.45) is 0 Å². The van der Waals surface area contributed by atoms with Crippen LogP contribution in [0.5, 0.6) is 0 Å². The van der Waals surface area contributed by atoms with Gasteiger partial charge in [0.05, 0.1) is 21.5 Å². The fourth-order valence-corrected chi connectivity index (χ4v) is 5.02. The summed E-state index contributed by atoms with van der Waals surface area (Å²) in [6, 6.07) is 6.88. The van der Waals surface area contributed by atoms with Crippen LogP contribution in [0, 0.1) is 6.92 Å². The van der Waals surface area contributed by atoms with Gasteiger partial charge in [-0.2, -0.15) is 0 Å². The van der Waals surface area contributed by atoms with Crippen molar-refractivity contribution in [2.45, 2.75) is 59.0 Å². The minimum atomic E-state index is -0.343. The smallest absolute Gasteiger partial charge is 0.266 e. The van der Waals surface area contributed by atoms with Crippen LogP contribution in [-0.4, -0.2) is 27.4 Å².